The summed E-state index contributed by atoms with van der Waals surface area (Å²) in [5.41, 5.74) is 3.09. The molecule has 0 unspecified atom stereocenters. The smallest absolute Gasteiger partial charge is 0.138 e. The van der Waals surface area contributed by atoms with Gasteiger partial charge in [-0.1, -0.05) is 47.4 Å². The number of aromatic nitrogens is 2. The van der Waals surface area contributed by atoms with Crippen molar-refractivity contribution in [2.45, 2.75) is 26.7 Å². The first-order valence-corrected chi connectivity index (χ1v) is 7.19. The quantitative estimate of drug-likeness (QED) is 0.793. The van der Waals surface area contributed by atoms with E-state index in [1.807, 2.05) is 25.1 Å². The Hall–Kier alpha value is -1.13. The number of nitrogens with zero attached hydrogens (tertiary/aromatic N) is 2. The molecule has 0 atom stereocenters. The van der Waals surface area contributed by atoms with E-state index in [2.05, 4.69) is 45.1 Å². The number of hydrogen-bond donors (Lipinski definition) is 1. The highest BCUT2D eigenvalue weighted by atomic mass is 79.9. The molecule has 2 aromatic rings. The van der Waals surface area contributed by atoms with Gasteiger partial charge in [-0.25, -0.2) is 9.97 Å². The van der Waals surface area contributed by atoms with Crippen molar-refractivity contribution in [3.63, 3.8) is 0 Å². The Morgan fingerprint density at radius 3 is 2.68 bits per heavy atom. The number of rotatable bonds is 3. The lowest BCUT2D eigenvalue weighted by molar-refractivity contribution is 0.850. The van der Waals surface area contributed by atoms with Gasteiger partial charge in [0.05, 0.1) is 0 Å². The Kier molecular flexibility index (Phi) is 4.42. The van der Waals surface area contributed by atoms with E-state index in [4.69, 9.17) is 11.6 Å². The van der Waals surface area contributed by atoms with Gasteiger partial charge in [0.2, 0.25) is 0 Å². The number of halogens is 2. The Morgan fingerprint density at radius 1 is 1.26 bits per heavy atom. The molecule has 0 saturated heterocycles. The molecule has 0 aliphatic rings. The average molecular weight is 341 g/mol. The second-order valence-corrected chi connectivity index (χ2v) is 5.94. The third-order valence-electron chi connectivity index (χ3n) is 2.87. The third-order valence-corrected chi connectivity index (χ3v) is 3.66. The van der Waals surface area contributed by atoms with Crippen LogP contribution in [0.2, 0.25) is 5.15 Å². The lowest BCUT2D eigenvalue weighted by Crippen LogP contribution is -2.03. The third kappa shape index (κ3) is 3.25. The molecule has 0 saturated carbocycles. The summed E-state index contributed by atoms with van der Waals surface area (Å²) >= 11 is 9.63. The lowest BCUT2D eigenvalue weighted by atomic mass is 10.1. The zero-order chi connectivity index (χ0) is 14.0. The van der Waals surface area contributed by atoms with Crippen LogP contribution in [0, 0.1) is 6.92 Å². The van der Waals surface area contributed by atoms with Gasteiger partial charge in [0.15, 0.2) is 0 Å². The maximum atomic E-state index is 6.16. The number of anilines is 2. The molecule has 19 heavy (non-hydrogen) atoms. The van der Waals surface area contributed by atoms with Gasteiger partial charge in [0, 0.05) is 15.7 Å². The van der Waals surface area contributed by atoms with Crippen LogP contribution in [-0.2, 0) is 0 Å². The minimum Gasteiger partial charge on any atom is -0.340 e. The van der Waals surface area contributed by atoms with E-state index in [1.165, 1.54) is 6.33 Å². The molecule has 0 bridgehead atoms. The van der Waals surface area contributed by atoms with Gasteiger partial charge in [-0.05, 0) is 30.5 Å². The fourth-order valence-corrected chi connectivity index (χ4v) is 2.55. The van der Waals surface area contributed by atoms with Crippen molar-refractivity contribution in [3.8, 4) is 0 Å². The van der Waals surface area contributed by atoms with E-state index in [1.54, 1.807) is 0 Å². The van der Waals surface area contributed by atoms with Crippen LogP contribution < -0.4 is 5.32 Å². The summed E-state index contributed by atoms with van der Waals surface area (Å²) in [6.07, 6.45) is 1.48. The van der Waals surface area contributed by atoms with Gasteiger partial charge in [0.25, 0.3) is 0 Å². The molecular weight excluding hydrogens is 326 g/mol. The first-order chi connectivity index (χ1) is 8.99. The molecular formula is C14H15BrClN3. The van der Waals surface area contributed by atoms with Crippen LogP contribution >= 0.6 is 27.5 Å². The second-order valence-electron chi connectivity index (χ2n) is 4.67. The zero-order valence-corrected chi connectivity index (χ0v) is 13.4. The molecule has 1 aromatic carbocycles. The highest BCUT2D eigenvalue weighted by molar-refractivity contribution is 9.10. The molecule has 0 aliphatic heterocycles. The first kappa shape index (κ1) is 14.3. The summed E-state index contributed by atoms with van der Waals surface area (Å²) < 4.78 is 1.02. The predicted octanol–water partition coefficient (Wildman–Crippen LogP) is 5.07. The van der Waals surface area contributed by atoms with Crippen molar-refractivity contribution < 1.29 is 0 Å². The Bertz CT molecular complexity index is 599. The summed E-state index contributed by atoms with van der Waals surface area (Å²) in [6, 6.07) is 6.08. The monoisotopic (exact) mass is 339 g/mol. The molecule has 1 heterocycles. The second kappa shape index (κ2) is 5.88. The van der Waals surface area contributed by atoms with Crippen molar-refractivity contribution >= 4 is 39.0 Å². The van der Waals surface area contributed by atoms with E-state index < -0.39 is 0 Å². The molecule has 1 aromatic heterocycles. The van der Waals surface area contributed by atoms with E-state index in [9.17, 15) is 0 Å². The van der Waals surface area contributed by atoms with E-state index >= 15 is 0 Å². The van der Waals surface area contributed by atoms with Crippen molar-refractivity contribution in [1.29, 1.82) is 0 Å². The lowest BCUT2D eigenvalue weighted by Gasteiger charge is -2.15. The van der Waals surface area contributed by atoms with Crippen LogP contribution in [0.25, 0.3) is 0 Å². The highest BCUT2D eigenvalue weighted by Gasteiger charge is 2.14. The maximum absolute atomic E-state index is 6.16. The topological polar surface area (TPSA) is 37.8 Å². The summed E-state index contributed by atoms with van der Waals surface area (Å²) in [5.74, 6) is 1.01. The van der Waals surface area contributed by atoms with Crippen LogP contribution in [-0.4, -0.2) is 9.97 Å². The fourth-order valence-electron chi connectivity index (χ4n) is 1.84. The molecule has 0 aliphatic carbocycles. The molecule has 1 N–H and O–H groups in total. The number of nitrogens with one attached hydrogen (secondary N) is 1. The summed E-state index contributed by atoms with van der Waals surface area (Å²) in [6.45, 7) is 6.19. The van der Waals surface area contributed by atoms with Crippen molar-refractivity contribution in [2.24, 2.45) is 0 Å². The predicted molar refractivity (Wildman–Crippen MR) is 83.3 cm³/mol. The van der Waals surface area contributed by atoms with Crippen molar-refractivity contribution in [3.05, 3.63) is 45.3 Å². The van der Waals surface area contributed by atoms with Gasteiger partial charge in [0.1, 0.15) is 17.3 Å². The number of hydrogen-bond acceptors (Lipinski definition) is 3. The fraction of sp³-hybridized carbons (Fsp3) is 0.286. The van der Waals surface area contributed by atoms with Gasteiger partial charge in [-0.15, -0.1) is 0 Å². The van der Waals surface area contributed by atoms with Gasteiger partial charge < -0.3 is 5.32 Å². The minimum atomic E-state index is 0.253. The van der Waals surface area contributed by atoms with Crippen LogP contribution in [0.1, 0.15) is 30.9 Å². The Morgan fingerprint density at radius 2 is 2.00 bits per heavy atom. The zero-order valence-electron chi connectivity index (χ0n) is 11.0. The molecule has 0 fully saturated rings. The summed E-state index contributed by atoms with van der Waals surface area (Å²) in [7, 11) is 0. The average Bonchev–Trinajstić information content (AvgIpc) is 2.33. The molecule has 100 valence electrons. The van der Waals surface area contributed by atoms with E-state index in [0.717, 1.165) is 27.1 Å². The van der Waals surface area contributed by atoms with Crippen LogP contribution in [0.15, 0.2) is 29.0 Å². The molecule has 0 spiro atoms. The summed E-state index contributed by atoms with van der Waals surface area (Å²) in [5, 5.41) is 3.84. The largest absolute Gasteiger partial charge is 0.340 e. The van der Waals surface area contributed by atoms with Crippen molar-refractivity contribution in [2.75, 3.05) is 5.32 Å². The minimum absolute atomic E-state index is 0.253. The standard InChI is InChI=1S/C14H15BrClN3/c1-8(2)12-13(16)17-7-18-14(12)19-11-6-10(15)5-4-9(11)3/h4-8H,1-3H3,(H,17,18,19). The van der Waals surface area contributed by atoms with Crippen LogP contribution in [0.3, 0.4) is 0 Å². The van der Waals surface area contributed by atoms with E-state index in [0.29, 0.717) is 5.15 Å². The first-order valence-electron chi connectivity index (χ1n) is 6.02. The number of benzene rings is 1. The normalized spacial score (nSPS) is 10.8. The van der Waals surface area contributed by atoms with Gasteiger partial charge in [-0.3, -0.25) is 0 Å². The highest BCUT2D eigenvalue weighted by Crippen LogP contribution is 2.31. The van der Waals surface area contributed by atoms with Gasteiger partial charge in [-0.2, -0.15) is 0 Å². The SMILES string of the molecule is Cc1ccc(Br)cc1Nc1ncnc(Cl)c1C(C)C. The summed E-state index contributed by atoms with van der Waals surface area (Å²) in [4.78, 5) is 8.35. The molecule has 0 amide bonds. The number of aryl methyl sites for hydroxylation is 1. The Balaban J connectivity index is 2.44. The molecule has 3 nitrogen and oxygen atoms in total. The Labute approximate surface area is 126 Å². The maximum Gasteiger partial charge on any atom is 0.138 e. The van der Waals surface area contributed by atoms with Crippen LogP contribution in [0.5, 0.6) is 0 Å². The van der Waals surface area contributed by atoms with Crippen molar-refractivity contribution in [1.82, 2.24) is 9.97 Å². The van der Waals surface area contributed by atoms with Crippen LogP contribution in [0.4, 0.5) is 11.5 Å². The molecule has 2 rings (SSSR count). The van der Waals surface area contributed by atoms with Gasteiger partial charge >= 0.3 is 0 Å². The molecule has 5 heteroatoms. The molecule has 0 radical (unpaired) electrons. The van der Waals surface area contributed by atoms with E-state index in [-0.39, 0.29) is 5.92 Å².